The van der Waals surface area contributed by atoms with Crippen LogP contribution in [0.5, 0.6) is 0 Å². The number of carboxylic acid groups (broad SMARTS) is 1. The van der Waals surface area contributed by atoms with E-state index in [9.17, 15) is 4.79 Å². The number of aromatic nitrogens is 3. The van der Waals surface area contributed by atoms with Crippen LogP contribution in [0.3, 0.4) is 0 Å². The molecule has 0 aliphatic heterocycles. The fourth-order valence-electron chi connectivity index (χ4n) is 1.29. The summed E-state index contributed by atoms with van der Waals surface area (Å²) in [6.45, 7) is -0.145. The van der Waals surface area contributed by atoms with Crippen molar-refractivity contribution in [1.29, 1.82) is 0 Å². The van der Waals surface area contributed by atoms with Crippen LogP contribution in [0.2, 0.25) is 0 Å². The van der Waals surface area contributed by atoms with Gasteiger partial charge in [0.25, 0.3) is 0 Å². The molecule has 0 aromatic carbocycles. The normalized spacial score (nSPS) is 10.3. The van der Waals surface area contributed by atoms with Gasteiger partial charge in [0.15, 0.2) is 0 Å². The van der Waals surface area contributed by atoms with Gasteiger partial charge in [-0.05, 0) is 28.1 Å². The predicted octanol–water partition coefficient (Wildman–Crippen LogP) is 1.79. The molecule has 0 saturated heterocycles. The van der Waals surface area contributed by atoms with Gasteiger partial charge in [0, 0.05) is 11.8 Å². The zero-order chi connectivity index (χ0) is 11.5. The van der Waals surface area contributed by atoms with Crippen LogP contribution in [0.25, 0.3) is 11.3 Å². The Kier molecular flexibility index (Phi) is 3.00. The minimum Gasteiger partial charge on any atom is -0.480 e. The minimum absolute atomic E-state index is 0.145. The molecule has 5 nitrogen and oxygen atoms in total. The van der Waals surface area contributed by atoms with Crippen LogP contribution < -0.4 is 0 Å². The summed E-state index contributed by atoms with van der Waals surface area (Å²) >= 11 is 3.27. The first-order valence-electron chi connectivity index (χ1n) is 4.52. The lowest BCUT2D eigenvalue weighted by Gasteiger charge is -1.96. The maximum absolute atomic E-state index is 10.5. The largest absolute Gasteiger partial charge is 0.480 e. The van der Waals surface area contributed by atoms with Crippen LogP contribution in [-0.4, -0.2) is 25.8 Å². The molecule has 0 atom stereocenters. The van der Waals surface area contributed by atoms with E-state index in [-0.39, 0.29) is 6.54 Å². The maximum atomic E-state index is 10.5. The summed E-state index contributed by atoms with van der Waals surface area (Å²) < 4.78 is 2.09. The number of rotatable bonds is 3. The van der Waals surface area contributed by atoms with Crippen LogP contribution in [0.15, 0.2) is 35.2 Å². The number of hydrogen-bond donors (Lipinski definition) is 1. The second kappa shape index (κ2) is 4.44. The Morgan fingerprint density at radius 3 is 3.00 bits per heavy atom. The Labute approximate surface area is 99.9 Å². The number of carbonyl (C=O) groups is 1. The van der Waals surface area contributed by atoms with Gasteiger partial charge in [-0.1, -0.05) is 6.07 Å². The lowest BCUT2D eigenvalue weighted by molar-refractivity contribution is -0.137. The number of nitrogens with zero attached hydrogens (tertiary/aromatic N) is 3. The van der Waals surface area contributed by atoms with E-state index in [1.165, 1.54) is 4.68 Å². The van der Waals surface area contributed by atoms with Crippen LogP contribution in [0.1, 0.15) is 0 Å². The fraction of sp³-hybridized carbons (Fsp3) is 0.100. The summed E-state index contributed by atoms with van der Waals surface area (Å²) in [7, 11) is 0. The highest BCUT2D eigenvalue weighted by Gasteiger charge is 2.05. The second-order valence-corrected chi connectivity index (χ2v) is 3.98. The highest BCUT2D eigenvalue weighted by molar-refractivity contribution is 9.10. The van der Waals surface area contributed by atoms with E-state index >= 15 is 0 Å². The number of hydrogen-bond acceptors (Lipinski definition) is 3. The van der Waals surface area contributed by atoms with Gasteiger partial charge < -0.3 is 5.11 Å². The van der Waals surface area contributed by atoms with Gasteiger partial charge in [-0.25, -0.2) is 4.98 Å². The molecule has 82 valence electrons. The molecule has 2 aromatic heterocycles. The average Bonchev–Trinajstić information content (AvgIpc) is 2.65. The molecule has 1 N–H and O–H groups in total. The SMILES string of the molecule is O=C(O)Cn1cc(-c2cccc(Br)n2)cn1. The molecule has 0 unspecified atom stereocenters. The van der Waals surface area contributed by atoms with Gasteiger partial charge in [0.2, 0.25) is 0 Å². The predicted molar refractivity (Wildman–Crippen MR) is 60.8 cm³/mol. The molecule has 0 spiro atoms. The molecular weight excluding hydrogens is 274 g/mol. The molecule has 16 heavy (non-hydrogen) atoms. The van der Waals surface area contributed by atoms with E-state index in [1.54, 1.807) is 12.4 Å². The third-order valence-corrected chi connectivity index (χ3v) is 2.38. The first-order chi connectivity index (χ1) is 7.65. The number of carboxylic acids is 1. The third kappa shape index (κ3) is 2.46. The van der Waals surface area contributed by atoms with Gasteiger partial charge in [-0.2, -0.15) is 5.10 Å². The molecular formula is C10H8BrN3O2. The van der Waals surface area contributed by atoms with E-state index in [1.807, 2.05) is 18.2 Å². The van der Waals surface area contributed by atoms with Crippen molar-refractivity contribution >= 4 is 21.9 Å². The molecule has 2 rings (SSSR count). The van der Waals surface area contributed by atoms with Crippen molar-refractivity contribution in [3.8, 4) is 11.3 Å². The van der Waals surface area contributed by atoms with Crippen LogP contribution in [0.4, 0.5) is 0 Å². The summed E-state index contributed by atoms with van der Waals surface area (Å²) in [5.74, 6) is -0.920. The molecule has 2 heterocycles. The topological polar surface area (TPSA) is 68.0 Å². The Hall–Kier alpha value is -1.69. The summed E-state index contributed by atoms with van der Waals surface area (Å²) in [6.07, 6.45) is 3.25. The smallest absolute Gasteiger partial charge is 0.325 e. The lowest BCUT2D eigenvalue weighted by Crippen LogP contribution is -2.08. The molecule has 6 heteroatoms. The van der Waals surface area contributed by atoms with Crippen molar-refractivity contribution in [2.75, 3.05) is 0 Å². The molecule has 0 bridgehead atoms. The van der Waals surface area contributed by atoms with Gasteiger partial charge in [-0.3, -0.25) is 9.48 Å². The minimum atomic E-state index is -0.920. The Morgan fingerprint density at radius 1 is 1.50 bits per heavy atom. The Balaban J connectivity index is 2.28. The van der Waals surface area contributed by atoms with Gasteiger partial charge in [0.05, 0.1) is 11.9 Å². The summed E-state index contributed by atoms with van der Waals surface area (Å²) in [4.78, 5) is 14.7. The highest BCUT2D eigenvalue weighted by atomic mass is 79.9. The first kappa shape index (κ1) is 10.8. The summed E-state index contributed by atoms with van der Waals surface area (Å²) in [6, 6.07) is 5.53. The van der Waals surface area contributed by atoms with Crippen molar-refractivity contribution in [3.05, 3.63) is 35.2 Å². The van der Waals surface area contributed by atoms with Crippen LogP contribution >= 0.6 is 15.9 Å². The van der Waals surface area contributed by atoms with Crippen LogP contribution in [-0.2, 0) is 11.3 Å². The standard InChI is InChI=1S/C10H8BrN3O2/c11-9-3-1-2-8(13-9)7-4-12-14(5-7)6-10(15)16/h1-5H,6H2,(H,15,16). The number of halogens is 1. The van der Waals surface area contributed by atoms with Crippen molar-refractivity contribution in [2.45, 2.75) is 6.54 Å². The first-order valence-corrected chi connectivity index (χ1v) is 5.31. The molecule has 0 aliphatic rings. The quantitative estimate of drug-likeness (QED) is 0.871. The Morgan fingerprint density at radius 2 is 2.31 bits per heavy atom. The molecule has 0 aliphatic carbocycles. The van der Waals surface area contributed by atoms with Gasteiger partial charge >= 0.3 is 5.97 Å². The highest BCUT2D eigenvalue weighted by Crippen LogP contribution is 2.18. The zero-order valence-corrected chi connectivity index (χ0v) is 9.75. The lowest BCUT2D eigenvalue weighted by atomic mass is 10.2. The van der Waals surface area contributed by atoms with Crippen molar-refractivity contribution in [3.63, 3.8) is 0 Å². The Bertz CT molecular complexity index is 524. The van der Waals surface area contributed by atoms with E-state index < -0.39 is 5.97 Å². The van der Waals surface area contributed by atoms with Gasteiger partial charge in [-0.15, -0.1) is 0 Å². The number of aliphatic carboxylic acids is 1. The zero-order valence-electron chi connectivity index (χ0n) is 8.17. The van der Waals surface area contributed by atoms with Crippen LogP contribution in [0, 0.1) is 0 Å². The van der Waals surface area contributed by atoms with E-state index in [0.29, 0.717) is 0 Å². The maximum Gasteiger partial charge on any atom is 0.325 e. The van der Waals surface area contributed by atoms with Gasteiger partial charge in [0.1, 0.15) is 11.1 Å². The second-order valence-electron chi connectivity index (χ2n) is 3.17. The summed E-state index contributed by atoms with van der Waals surface area (Å²) in [5.41, 5.74) is 1.55. The molecule has 0 amide bonds. The third-order valence-electron chi connectivity index (χ3n) is 1.94. The summed E-state index contributed by atoms with van der Waals surface area (Å²) in [5, 5.41) is 12.5. The molecule has 0 fully saturated rings. The molecule has 0 saturated carbocycles. The number of pyridine rings is 1. The molecule has 2 aromatic rings. The van der Waals surface area contributed by atoms with Crippen molar-refractivity contribution in [1.82, 2.24) is 14.8 Å². The van der Waals surface area contributed by atoms with Crippen molar-refractivity contribution < 1.29 is 9.90 Å². The van der Waals surface area contributed by atoms with Crippen molar-refractivity contribution in [2.24, 2.45) is 0 Å². The molecule has 0 radical (unpaired) electrons. The van der Waals surface area contributed by atoms with E-state index in [2.05, 4.69) is 26.0 Å². The average molecular weight is 282 g/mol. The fourth-order valence-corrected chi connectivity index (χ4v) is 1.63. The monoisotopic (exact) mass is 281 g/mol. The van der Waals surface area contributed by atoms with E-state index in [0.717, 1.165) is 15.9 Å². The van der Waals surface area contributed by atoms with E-state index in [4.69, 9.17) is 5.11 Å².